The van der Waals surface area contributed by atoms with Crippen LogP contribution in [0.3, 0.4) is 0 Å². The Morgan fingerprint density at radius 3 is 2.38 bits per heavy atom. The molecule has 0 fully saturated rings. The van der Waals surface area contributed by atoms with Gasteiger partial charge >= 0.3 is 0 Å². The molecule has 0 rings (SSSR count). The van der Waals surface area contributed by atoms with Gasteiger partial charge in [-0.25, -0.2) is 0 Å². The second-order valence-electron chi connectivity index (χ2n) is 3.61. The van der Waals surface area contributed by atoms with Gasteiger partial charge in [0.2, 0.25) is 0 Å². The Kier molecular flexibility index (Phi) is 6.29. The van der Waals surface area contributed by atoms with Gasteiger partial charge in [0.05, 0.1) is 5.60 Å². The standard InChI is InChI=1S/C10H23NO2/c1-5-10(2,13-4)9(11)7-6-8-12-3/h9H,5-8,11H2,1-4H3. The monoisotopic (exact) mass is 189 g/mol. The summed E-state index contributed by atoms with van der Waals surface area (Å²) in [5.41, 5.74) is 5.85. The summed E-state index contributed by atoms with van der Waals surface area (Å²) in [5, 5.41) is 0. The van der Waals surface area contributed by atoms with E-state index < -0.39 is 0 Å². The fourth-order valence-electron chi connectivity index (χ4n) is 1.31. The molecule has 80 valence electrons. The van der Waals surface area contributed by atoms with E-state index in [4.69, 9.17) is 15.2 Å². The van der Waals surface area contributed by atoms with E-state index in [0.717, 1.165) is 25.9 Å². The molecule has 0 aliphatic heterocycles. The van der Waals surface area contributed by atoms with Crippen molar-refractivity contribution in [3.05, 3.63) is 0 Å². The van der Waals surface area contributed by atoms with Gasteiger partial charge in [0.25, 0.3) is 0 Å². The lowest BCUT2D eigenvalue weighted by Crippen LogP contribution is -2.46. The minimum absolute atomic E-state index is 0.0950. The van der Waals surface area contributed by atoms with Gasteiger partial charge < -0.3 is 15.2 Å². The second kappa shape index (κ2) is 6.35. The molecular formula is C10H23NO2. The third-order valence-corrected chi connectivity index (χ3v) is 2.82. The third-order valence-electron chi connectivity index (χ3n) is 2.82. The summed E-state index contributed by atoms with van der Waals surface area (Å²) < 4.78 is 10.4. The highest BCUT2D eigenvalue weighted by molar-refractivity contribution is 4.85. The Hall–Kier alpha value is -0.120. The molecule has 0 heterocycles. The molecule has 0 saturated heterocycles. The van der Waals surface area contributed by atoms with E-state index in [1.807, 2.05) is 0 Å². The molecule has 13 heavy (non-hydrogen) atoms. The van der Waals surface area contributed by atoms with Crippen molar-refractivity contribution in [2.24, 2.45) is 5.73 Å². The lowest BCUT2D eigenvalue weighted by Gasteiger charge is -2.33. The van der Waals surface area contributed by atoms with Gasteiger partial charge in [0, 0.05) is 26.9 Å². The summed E-state index contributed by atoms with van der Waals surface area (Å²) in [6, 6.07) is 0.0950. The van der Waals surface area contributed by atoms with Gasteiger partial charge in [0.1, 0.15) is 0 Å². The number of hydrogen-bond donors (Lipinski definition) is 1. The highest BCUT2D eigenvalue weighted by atomic mass is 16.5. The molecule has 2 unspecified atom stereocenters. The topological polar surface area (TPSA) is 44.5 Å². The SMILES string of the molecule is CCC(C)(OC)C(N)CCCOC. The zero-order valence-corrected chi connectivity index (χ0v) is 9.30. The minimum atomic E-state index is -0.187. The van der Waals surface area contributed by atoms with Gasteiger partial charge in [-0.2, -0.15) is 0 Å². The molecule has 0 aromatic carbocycles. The number of rotatable bonds is 7. The van der Waals surface area contributed by atoms with Crippen molar-refractivity contribution in [1.82, 2.24) is 0 Å². The number of nitrogens with two attached hydrogens (primary N) is 1. The average Bonchev–Trinajstić information content (AvgIpc) is 2.17. The Morgan fingerprint density at radius 1 is 1.38 bits per heavy atom. The average molecular weight is 189 g/mol. The van der Waals surface area contributed by atoms with Crippen LogP contribution in [0, 0.1) is 0 Å². The highest BCUT2D eigenvalue weighted by Crippen LogP contribution is 2.20. The van der Waals surface area contributed by atoms with E-state index in [2.05, 4.69) is 13.8 Å². The Bertz CT molecular complexity index is 124. The summed E-state index contributed by atoms with van der Waals surface area (Å²) in [6.45, 7) is 4.93. The molecule has 0 aliphatic rings. The molecule has 0 spiro atoms. The van der Waals surface area contributed by atoms with Crippen LogP contribution in [0.4, 0.5) is 0 Å². The zero-order chi connectivity index (χ0) is 10.3. The number of hydrogen-bond acceptors (Lipinski definition) is 3. The molecule has 2 N–H and O–H groups in total. The first kappa shape index (κ1) is 12.9. The van der Waals surface area contributed by atoms with Crippen molar-refractivity contribution in [3.8, 4) is 0 Å². The van der Waals surface area contributed by atoms with Crippen LogP contribution >= 0.6 is 0 Å². The normalized spacial score (nSPS) is 18.2. The molecule has 2 atom stereocenters. The van der Waals surface area contributed by atoms with Crippen LogP contribution in [0.1, 0.15) is 33.1 Å². The maximum atomic E-state index is 6.03. The van der Waals surface area contributed by atoms with E-state index >= 15 is 0 Å². The smallest absolute Gasteiger partial charge is 0.0798 e. The van der Waals surface area contributed by atoms with Crippen LogP contribution in [0.25, 0.3) is 0 Å². The van der Waals surface area contributed by atoms with Crippen LogP contribution in [-0.2, 0) is 9.47 Å². The van der Waals surface area contributed by atoms with Crippen molar-refractivity contribution in [1.29, 1.82) is 0 Å². The van der Waals surface area contributed by atoms with Gasteiger partial charge in [-0.15, -0.1) is 0 Å². The van der Waals surface area contributed by atoms with Crippen LogP contribution in [0.2, 0.25) is 0 Å². The van der Waals surface area contributed by atoms with E-state index in [0.29, 0.717) is 0 Å². The first-order chi connectivity index (χ1) is 6.10. The van der Waals surface area contributed by atoms with Crippen molar-refractivity contribution >= 4 is 0 Å². The third kappa shape index (κ3) is 4.07. The van der Waals surface area contributed by atoms with Gasteiger partial charge in [-0.3, -0.25) is 0 Å². The lowest BCUT2D eigenvalue weighted by molar-refractivity contribution is -0.0221. The Balaban J connectivity index is 3.84. The minimum Gasteiger partial charge on any atom is -0.385 e. The summed E-state index contributed by atoms with van der Waals surface area (Å²) in [6.07, 6.45) is 2.89. The van der Waals surface area contributed by atoms with Crippen molar-refractivity contribution in [2.75, 3.05) is 20.8 Å². The van der Waals surface area contributed by atoms with Crippen LogP contribution in [0.5, 0.6) is 0 Å². The van der Waals surface area contributed by atoms with Crippen LogP contribution < -0.4 is 5.73 Å². The second-order valence-corrected chi connectivity index (χ2v) is 3.61. The predicted molar refractivity (Wildman–Crippen MR) is 54.8 cm³/mol. The quantitative estimate of drug-likeness (QED) is 0.618. The van der Waals surface area contributed by atoms with Gasteiger partial charge in [0.15, 0.2) is 0 Å². The van der Waals surface area contributed by atoms with Crippen LogP contribution in [-0.4, -0.2) is 32.5 Å². The van der Waals surface area contributed by atoms with Crippen molar-refractivity contribution in [2.45, 2.75) is 44.8 Å². The number of methoxy groups -OCH3 is 2. The maximum absolute atomic E-state index is 6.03. The molecular weight excluding hydrogens is 166 g/mol. The molecule has 0 radical (unpaired) electrons. The molecule has 0 aliphatic carbocycles. The predicted octanol–water partition coefficient (Wildman–Crippen LogP) is 1.56. The molecule has 0 aromatic rings. The first-order valence-electron chi connectivity index (χ1n) is 4.90. The van der Waals surface area contributed by atoms with Crippen molar-refractivity contribution < 1.29 is 9.47 Å². The number of ether oxygens (including phenoxy) is 2. The largest absolute Gasteiger partial charge is 0.385 e. The first-order valence-corrected chi connectivity index (χ1v) is 4.90. The molecule has 3 heteroatoms. The zero-order valence-electron chi connectivity index (χ0n) is 9.30. The summed E-state index contributed by atoms with van der Waals surface area (Å²) >= 11 is 0. The van der Waals surface area contributed by atoms with Gasteiger partial charge in [-0.05, 0) is 26.2 Å². The summed E-state index contributed by atoms with van der Waals surface area (Å²) in [7, 11) is 3.43. The molecule has 3 nitrogen and oxygen atoms in total. The summed E-state index contributed by atoms with van der Waals surface area (Å²) in [4.78, 5) is 0. The maximum Gasteiger partial charge on any atom is 0.0798 e. The van der Waals surface area contributed by atoms with E-state index in [-0.39, 0.29) is 11.6 Å². The summed E-state index contributed by atoms with van der Waals surface area (Å²) in [5.74, 6) is 0. The molecule has 0 amide bonds. The molecule has 0 aromatic heterocycles. The van der Waals surface area contributed by atoms with Crippen molar-refractivity contribution in [3.63, 3.8) is 0 Å². The highest BCUT2D eigenvalue weighted by Gasteiger charge is 2.28. The lowest BCUT2D eigenvalue weighted by atomic mass is 9.90. The van der Waals surface area contributed by atoms with Gasteiger partial charge in [-0.1, -0.05) is 6.92 Å². The Morgan fingerprint density at radius 2 is 2.00 bits per heavy atom. The van der Waals surface area contributed by atoms with E-state index in [1.54, 1.807) is 14.2 Å². The fourth-order valence-corrected chi connectivity index (χ4v) is 1.31. The van der Waals surface area contributed by atoms with E-state index in [9.17, 15) is 0 Å². The fraction of sp³-hybridized carbons (Fsp3) is 1.00. The molecule has 0 bridgehead atoms. The van der Waals surface area contributed by atoms with Crippen LogP contribution in [0.15, 0.2) is 0 Å². The molecule has 0 saturated carbocycles. The Labute approximate surface area is 81.6 Å². The van der Waals surface area contributed by atoms with E-state index in [1.165, 1.54) is 0 Å².